The first-order valence-corrected chi connectivity index (χ1v) is 8.48. The molecule has 2 amide bonds. The number of nitrogens with zero attached hydrogens (tertiary/aromatic N) is 2. The Morgan fingerprint density at radius 1 is 1.23 bits per heavy atom. The normalized spacial score (nSPS) is 15.8. The number of hydrogen-bond acceptors (Lipinski definition) is 5. The minimum atomic E-state index is -0.542. The molecule has 1 aliphatic rings. The van der Waals surface area contributed by atoms with Gasteiger partial charge in [0.15, 0.2) is 0 Å². The van der Waals surface area contributed by atoms with Gasteiger partial charge in [-0.3, -0.25) is 24.6 Å². The fourth-order valence-corrected chi connectivity index (χ4v) is 3.40. The van der Waals surface area contributed by atoms with Gasteiger partial charge in [-0.15, -0.1) is 0 Å². The zero-order chi connectivity index (χ0) is 18.8. The first-order chi connectivity index (χ1) is 12.3. The van der Waals surface area contributed by atoms with Crippen LogP contribution in [-0.2, 0) is 11.3 Å². The summed E-state index contributed by atoms with van der Waals surface area (Å²) < 4.78 is 13.1. The van der Waals surface area contributed by atoms with E-state index in [9.17, 15) is 24.1 Å². The lowest BCUT2D eigenvalue weighted by atomic mass is 10.2. The van der Waals surface area contributed by atoms with Gasteiger partial charge < -0.3 is 0 Å². The summed E-state index contributed by atoms with van der Waals surface area (Å²) in [6.07, 6.45) is 1.42. The van der Waals surface area contributed by atoms with Crippen molar-refractivity contribution in [1.29, 1.82) is 0 Å². The Morgan fingerprint density at radius 3 is 2.69 bits per heavy atom. The van der Waals surface area contributed by atoms with Crippen LogP contribution >= 0.6 is 23.4 Å². The van der Waals surface area contributed by atoms with Crippen molar-refractivity contribution in [3.05, 3.63) is 79.5 Å². The molecule has 1 aliphatic heterocycles. The highest BCUT2D eigenvalue weighted by atomic mass is 35.5. The number of non-ortho nitro benzene ring substituents is 1. The van der Waals surface area contributed by atoms with E-state index in [0.717, 1.165) is 22.7 Å². The summed E-state index contributed by atoms with van der Waals surface area (Å²) in [6.45, 7) is -0.0872. The molecular formula is C17H10ClFN2O4S. The minimum absolute atomic E-state index is 0.0872. The van der Waals surface area contributed by atoms with Gasteiger partial charge in [-0.2, -0.15) is 0 Å². The number of carbonyl (C=O) groups is 2. The van der Waals surface area contributed by atoms with Crippen molar-refractivity contribution in [1.82, 2.24) is 4.90 Å². The Labute approximate surface area is 156 Å². The van der Waals surface area contributed by atoms with Crippen LogP contribution in [-0.4, -0.2) is 21.0 Å². The quantitative estimate of drug-likeness (QED) is 0.430. The molecular weight excluding hydrogens is 383 g/mol. The van der Waals surface area contributed by atoms with Crippen LogP contribution in [0, 0.1) is 15.9 Å². The molecule has 1 saturated heterocycles. The summed E-state index contributed by atoms with van der Waals surface area (Å²) in [5, 5.41) is 10.5. The highest BCUT2D eigenvalue weighted by Gasteiger charge is 2.35. The molecule has 132 valence electrons. The van der Waals surface area contributed by atoms with Crippen molar-refractivity contribution in [3.8, 4) is 0 Å². The van der Waals surface area contributed by atoms with E-state index in [1.165, 1.54) is 36.4 Å². The molecule has 6 nitrogen and oxygen atoms in total. The summed E-state index contributed by atoms with van der Waals surface area (Å²) >= 11 is 6.67. The lowest BCUT2D eigenvalue weighted by molar-refractivity contribution is -0.384. The maximum absolute atomic E-state index is 13.1. The lowest BCUT2D eigenvalue weighted by Crippen LogP contribution is -2.27. The third-order valence-corrected chi connectivity index (χ3v) is 4.86. The van der Waals surface area contributed by atoms with Crippen LogP contribution in [0.15, 0.2) is 47.4 Å². The Hall–Kier alpha value is -2.71. The van der Waals surface area contributed by atoms with Gasteiger partial charge >= 0.3 is 0 Å². The average molecular weight is 393 g/mol. The van der Waals surface area contributed by atoms with E-state index < -0.39 is 21.9 Å². The van der Waals surface area contributed by atoms with E-state index in [1.54, 1.807) is 6.07 Å². The number of hydrogen-bond donors (Lipinski definition) is 0. The Bertz CT molecular complexity index is 964. The molecule has 0 atom stereocenters. The summed E-state index contributed by atoms with van der Waals surface area (Å²) in [5.41, 5.74) is 0.757. The predicted molar refractivity (Wildman–Crippen MR) is 96.0 cm³/mol. The number of halogens is 2. The first-order valence-electron chi connectivity index (χ1n) is 7.29. The van der Waals surface area contributed by atoms with Crippen molar-refractivity contribution in [2.75, 3.05) is 0 Å². The van der Waals surface area contributed by atoms with Gasteiger partial charge in [0.25, 0.3) is 16.8 Å². The van der Waals surface area contributed by atoms with Crippen molar-refractivity contribution < 1.29 is 18.9 Å². The molecule has 0 unspecified atom stereocenters. The zero-order valence-electron chi connectivity index (χ0n) is 13.0. The van der Waals surface area contributed by atoms with E-state index in [0.29, 0.717) is 11.1 Å². The minimum Gasteiger partial charge on any atom is -0.268 e. The summed E-state index contributed by atoms with van der Waals surface area (Å²) in [5.74, 6) is -1.05. The smallest absolute Gasteiger partial charge is 0.268 e. The van der Waals surface area contributed by atoms with Gasteiger partial charge in [-0.25, -0.2) is 4.39 Å². The van der Waals surface area contributed by atoms with E-state index in [1.807, 2.05) is 0 Å². The van der Waals surface area contributed by atoms with Crippen molar-refractivity contribution in [2.24, 2.45) is 0 Å². The number of thioether (sulfide) groups is 1. The Kier molecular flexibility index (Phi) is 5.06. The van der Waals surface area contributed by atoms with Crippen LogP contribution in [0.1, 0.15) is 11.1 Å². The number of nitro benzene ring substituents is 1. The number of imide groups is 1. The number of nitro groups is 1. The topological polar surface area (TPSA) is 80.5 Å². The van der Waals surface area contributed by atoms with Crippen LogP contribution in [0.3, 0.4) is 0 Å². The van der Waals surface area contributed by atoms with Gasteiger partial charge in [0, 0.05) is 17.2 Å². The van der Waals surface area contributed by atoms with Crippen LogP contribution in [0.5, 0.6) is 0 Å². The Morgan fingerprint density at radius 2 is 2.00 bits per heavy atom. The standard InChI is InChI=1S/C17H10ClFN2O4S/c18-14-8-12(19)5-4-11(14)9-20-16(22)15(26-17(20)23)7-10-2-1-3-13(6-10)21(24)25/h1-8H,9H2/b15-7+. The fourth-order valence-electron chi connectivity index (χ4n) is 2.34. The van der Waals surface area contributed by atoms with Crippen LogP contribution in [0.25, 0.3) is 6.08 Å². The maximum Gasteiger partial charge on any atom is 0.293 e. The molecule has 0 N–H and O–H groups in total. The van der Waals surface area contributed by atoms with Gasteiger partial charge in [0.1, 0.15) is 5.82 Å². The third-order valence-electron chi connectivity index (χ3n) is 3.60. The second kappa shape index (κ2) is 7.27. The molecule has 1 heterocycles. The summed E-state index contributed by atoms with van der Waals surface area (Å²) in [7, 11) is 0. The molecule has 3 rings (SSSR count). The van der Waals surface area contributed by atoms with Crippen LogP contribution < -0.4 is 0 Å². The van der Waals surface area contributed by atoms with E-state index in [2.05, 4.69) is 0 Å². The van der Waals surface area contributed by atoms with Crippen molar-refractivity contribution in [2.45, 2.75) is 6.54 Å². The average Bonchev–Trinajstić information content (AvgIpc) is 2.84. The largest absolute Gasteiger partial charge is 0.293 e. The van der Waals surface area contributed by atoms with Gasteiger partial charge in [0.05, 0.1) is 16.4 Å². The number of rotatable bonds is 4. The predicted octanol–water partition coefficient (Wildman–Crippen LogP) is 4.62. The number of benzene rings is 2. The lowest BCUT2D eigenvalue weighted by Gasteiger charge is -2.13. The van der Waals surface area contributed by atoms with Crippen molar-refractivity contribution in [3.63, 3.8) is 0 Å². The third kappa shape index (κ3) is 3.76. The highest BCUT2D eigenvalue weighted by Crippen LogP contribution is 2.34. The monoisotopic (exact) mass is 392 g/mol. The molecule has 9 heteroatoms. The van der Waals surface area contributed by atoms with E-state index >= 15 is 0 Å². The molecule has 2 aromatic rings. The fraction of sp³-hybridized carbons (Fsp3) is 0.0588. The van der Waals surface area contributed by atoms with Crippen LogP contribution in [0.4, 0.5) is 14.9 Å². The van der Waals surface area contributed by atoms with Crippen LogP contribution in [0.2, 0.25) is 5.02 Å². The molecule has 2 aromatic carbocycles. The maximum atomic E-state index is 13.1. The van der Waals surface area contributed by atoms with E-state index in [4.69, 9.17) is 11.6 Å². The molecule has 0 bridgehead atoms. The van der Waals surface area contributed by atoms with Gasteiger partial charge in [-0.1, -0.05) is 29.8 Å². The molecule has 0 aromatic heterocycles. The SMILES string of the molecule is O=C1S/C(=C/c2cccc([N+](=O)[O-])c2)C(=O)N1Cc1ccc(F)cc1Cl. The molecule has 0 saturated carbocycles. The Balaban J connectivity index is 1.84. The van der Waals surface area contributed by atoms with Gasteiger partial charge in [-0.05, 0) is 41.1 Å². The summed E-state index contributed by atoms with van der Waals surface area (Å²) in [6, 6.07) is 9.44. The molecule has 0 spiro atoms. The summed E-state index contributed by atoms with van der Waals surface area (Å²) in [4.78, 5) is 36.1. The second-order valence-corrected chi connectivity index (χ2v) is 6.76. The molecule has 1 fully saturated rings. The number of carbonyl (C=O) groups excluding carboxylic acids is 2. The highest BCUT2D eigenvalue weighted by molar-refractivity contribution is 8.18. The van der Waals surface area contributed by atoms with Gasteiger partial charge in [0.2, 0.25) is 0 Å². The molecule has 26 heavy (non-hydrogen) atoms. The first kappa shape index (κ1) is 18.1. The molecule has 0 aliphatic carbocycles. The zero-order valence-corrected chi connectivity index (χ0v) is 14.6. The molecule has 0 radical (unpaired) electrons. The van der Waals surface area contributed by atoms with E-state index in [-0.39, 0.29) is 22.2 Å². The van der Waals surface area contributed by atoms with Crippen molar-refractivity contribution >= 4 is 46.3 Å². The second-order valence-electron chi connectivity index (χ2n) is 5.36. The number of amides is 2.